The van der Waals surface area contributed by atoms with Crippen LogP contribution in [0.15, 0.2) is 66.6 Å². The van der Waals surface area contributed by atoms with Gasteiger partial charge in [-0.1, -0.05) is 23.9 Å². The lowest BCUT2D eigenvalue weighted by atomic mass is 10.3. The maximum atomic E-state index is 13.3. The van der Waals surface area contributed by atoms with Crippen LogP contribution >= 0.6 is 11.8 Å². The number of thioether (sulfide) groups is 1. The van der Waals surface area contributed by atoms with E-state index in [0.717, 1.165) is 5.56 Å². The van der Waals surface area contributed by atoms with Gasteiger partial charge in [-0.15, -0.1) is 16.8 Å². The lowest BCUT2D eigenvalue weighted by Crippen LogP contribution is -2.23. The normalized spacial score (nSPS) is 11.8. The number of nitrogens with one attached hydrogen (secondary N) is 1. The van der Waals surface area contributed by atoms with Crippen molar-refractivity contribution in [3.8, 4) is 11.4 Å². The van der Waals surface area contributed by atoms with Crippen molar-refractivity contribution in [3.05, 3.63) is 67.3 Å². The first-order chi connectivity index (χ1) is 13.1. The van der Waals surface area contributed by atoms with E-state index < -0.39 is 11.1 Å². The first kappa shape index (κ1) is 18.8. The van der Waals surface area contributed by atoms with Gasteiger partial charge in [-0.25, -0.2) is 4.39 Å². The molecule has 0 fully saturated rings. The van der Waals surface area contributed by atoms with E-state index in [1.54, 1.807) is 37.5 Å². The van der Waals surface area contributed by atoms with Crippen LogP contribution in [0.4, 0.5) is 10.1 Å². The van der Waals surface area contributed by atoms with Crippen molar-refractivity contribution >= 4 is 23.4 Å². The van der Waals surface area contributed by atoms with Crippen LogP contribution in [-0.2, 0) is 11.3 Å². The van der Waals surface area contributed by atoms with Gasteiger partial charge in [-0.3, -0.25) is 14.3 Å². The average Bonchev–Trinajstić information content (AvgIpc) is 3.05. The molecule has 0 aliphatic heterocycles. The summed E-state index contributed by atoms with van der Waals surface area (Å²) < 4.78 is 15.2. The molecule has 0 aliphatic rings. The molecule has 0 bridgehead atoms. The summed E-state index contributed by atoms with van der Waals surface area (Å²) in [4.78, 5) is 16.5. The van der Waals surface area contributed by atoms with Crippen molar-refractivity contribution in [2.24, 2.45) is 0 Å². The molecule has 6 nitrogen and oxygen atoms in total. The van der Waals surface area contributed by atoms with Crippen LogP contribution in [0, 0.1) is 5.82 Å². The van der Waals surface area contributed by atoms with E-state index in [1.165, 1.54) is 23.9 Å². The van der Waals surface area contributed by atoms with E-state index in [-0.39, 0.29) is 5.91 Å². The summed E-state index contributed by atoms with van der Waals surface area (Å²) >= 11 is 1.27. The highest BCUT2D eigenvalue weighted by Gasteiger charge is 2.20. The van der Waals surface area contributed by atoms with E-state index in [9.17, 15) is 9.18 Å². The van der Waals surface area contributed by atoms with Crippen LogP contribution < -0.4 is 5.32 Å². The summed E-state index contributed by atoms with van der Waals surface area (Å²) in [5, 5.41) is 11.3. The molecule has 2 heterocycles. The molecule has 0 spiro atoms. The highest BCUT2D eigenvalue weighted by molar-refractivity contribution is 8.00. The Labute approximate surface area is 160 Å². The number of amides is 1. The number of pyridine rings is 1. The summed E-state index contributed by atoms with van der Waals surface area (Å²) in [7, 11) is 0. The molecule has 1 atom stereocenters. The summed E-state index contributed by atoms with van der Waals surface area (Å²) in [5.41, 5.74) is 1.24. The second kappa shape index (κ2) is 8.59. The molecular weight excluding hydrogens is 365 g/mol. The second-order valence-electron chi connectivity index (χ2n) is 5.71. The van der Waals surface area contributed by atoms with E-state index in [1.807, 2.05) is 16.7 Å². The molecule has 1 N–H and O–H groups in total. The fourth-order valence-corrected chi connectivity index (χ4v) is 3.26. The Morgan fingerprint density at radius 1 is 1.37 bits per heavy atom. The van der Waals surface area contributed by atoms with E-state index in [4.69, 9.17) is 0 Å². The van der Waals surface area contributed by atoms with Crippen molar-refractivity contribution in [1.29, 1.82) is 0 Å². The molecule has 2 aromatic heterocycles. The minimum absolute atomic E-state index is 0.248. The zero-order chi connectivity index (χ0) is 19.2. The summed E-state index contributed by atoms with van der Waals surface area (Å²) in [5.74, 6) is 0.00450. The van der Waals surface area contributed by atoms with Crippen molar-refractivity contribution in [1.82, 2.24) is 19.7 Å². The molecule has 27 heavy (non-hydrogen) atoms. The molecule has 138 valence electrons. The Kier molecular flexibility index (Phi) is 5.97. The predicted molar refractivity (Wildman–Crippen MR) is 104 cm³/mol. The standard InChI is InChI=1S/C19H18FN5OS/c1-3-10-25-17(14-6-5-9-21-12-14)23-24-19(25)27-13(2)18(26)22-16-8-4-7-15(20)11-16/h3-9,11-13H,1,10H2,2H3,(H,22,26)/t13-/m0/s1. The Bertz CT molecular complexity index is 944. The SMILES string of the molecule is C=CCn1c(S[C@@H](C)C(=O)Nc2cccc(F)c2)nnc1-c1cccnc1. The fraction of sp³-hybridized carbons (Fsp3) is 0.158. The lowest BCUT2D eigenvalue weighted by Gasteiger charge is -2.13. The number of carbonyl (C=O) groups is 1. The van der Waals surface area contributed by atoms with Gasteiger partial charge in [0.2, 0.25) is 5.91 Å². The Morgan fingerprint density at radius 3 is 2.93 bits per heavy atom. The molecule has 3 aromatic rings. The van der Waals surface area contributed by atoms with Gasteiger partial charge in [0.1, 0.15) is 5.82 Å². The number of hydrogen-bond acceptors (Lipinski definition) is 5. The van der Waals surface area contributed by atoms with Crippen LogP contribution in [0.3, 0.4) is 0 Å². The number of nitrogens with zero attached hydrogens (tertiary/aromatic N) is 4. The number of aromatic nitrogens is 4. The van der Waals surface area contributed by atoms with Gasteiger partial charge in [0.15, 0.2) is 11.0 Å². The third-order valence-electron chi connectivity index (χ3n) is 3.69. The molecule has 3 rings (SSSR count). The van der Waals surface area contributed by atoms with Crippen molar-refractivity contribution in [2.45, 2.75) is 23.9 Å². The molecule has 0 saturated carbocycles. The number of benzene rings is 1. The number of halogens is 1. The van der Waals surface area contributed by atoms with Crippen LogP contribution in [0.25, 0.3) is 11.4 Å². The van der Waals surface area contributed by atoms with Crippen LogP contribution in [0.1, 0.15) is 6.92 Å². The Balaban J connectivity index is 1.77. The monoisotopic (exact) mass is 383 g/mol. The lowest BCUT2D eigenvalue weighted by molar-refractivity contribution is -0.115. The largest absolute Gasteiger partial charge is 0.325 e. The van der Waals surface area contributed by atoms with E-state index in [0.29, 0.717) is 23.2 Å². The topological polar surface area (TPSA) is 72.7 Å². The number of anilines is 1. The fourth-order valence-electron chi connectivity index (χ4n) is 2.40. The minimum atomic E-state index is -0.456. The van der Waals surface area contributed by atoms with Gasteiger partial charge < -0.3 is 5.32 Å². The number of allylic oxidation sites excluding steroid dienone is 1. The van der Waals surface area contributed by atoms with E-state index in [2.05, 4.69) is 27.1 Å². The molecule has 8 heteroatoms. The van der Waals surface area contributed by atoms with Crippen LogP contribution in [-0.4, -0.2) is 30.9 Å². The summed E-state index contributed by atoms with van der Waals surface area (Å²) in [6.45, 7) is 6.03. The number of rotatable bonds is 7. The van der Waals surface area contributed by atoms with Gasteiger partial charge in [0.05, 0.1) is 5.25 Å². The predicted octanol–water partition coefficient (Wildman–Crippen LogP) is 3.78. The van der Waals surface area contributed by atoms with Crippen molar-refractivity contribution in [3.63, 3.8) is 0 Å². The van der Waals surface area contributed by atoms with Gasteiger partial charge >= 0.3 is 0 Å². The Hall–Kier alpha value is -3.00. The second-order valence-corrected chi connectivity index (χ2v) is 7.01. The first-order valence-electron chi connectivity index (χ1n) is 8.26. The third kappa shape index (κ3) is 4.59. The summed E-state index contributed by atoms with van der Waals surface area (Å²) in [6.07, 6.45) is 5.13. The maximum Gasteiger partial charge on any atom is 0.237 e. The zero-order valence-electron chi connectivity index (χ0n) is 14.7. The quantitative estimate of drug-likeness (QED) is 0.496. The average molecular weight is 383 g/mol. The van der Waals surface area contributed by atoms with Gasteiger partial charge in [-0.05, 0) is 37.3 Å². The van der Waals surface area contributed by atoms with Crippen LogP contribution in [0.2, 0.25) is 0 Å². The molecule has 0 radical (unpaired) electrons. The molecule has 0 saturated heterocycles. The maximum absolute atomic E-state index is 13.3. The van der Waals surface area contributed by atoms with Crippen LogP contribution in [0.5, 0.6) is 0 Å². The van der Waals surface area contributed by atoms with Crippen molar-refractivity contribution < 1.29 is 9.18 Å². The number of carbonyl (C=O) groups excluding carboxylic acids is 1. The van der Waals surface area contributed by atoms with Gasteiger partial charge in [0.25, 0.3) is 0 Å². The molecule has 0 aliphatic carbocycles. The Morgan fingerprint density at radius 2 is 2.22 bits per heavy atom. The summed E-state index contributed by atoms with van der Waals surface area (Å²) in [6, 6.07) is 9.50. The third-order valence-corrected chi connectivity index (χ3v) is 4.77. The zero-order valence-corrected chi connectivity index (χ0v) is 15.5. The molecular formula is C19H18FN5OS. The highest BCUT2D eigenvalue weighted by atomic mass is 32.2. The van der Waals surface area contributed by atoms with E-state index >= 15 is 0 Å². The minimum Gasteiger partial charge on any atom is -0.325 e. The number of hydrogen-bond donors (Lipinski definition) is 1. The smallest absolute Gasteiger partial charge is 0.237 e. The first-order valence-corrected chi connectivity index (χ1v) is 9.14. The highest BCUT2D eigenvalue weighted by Crippen LogP contribution is 2.27. The van der Waals surface area contributed by atoms with Gasteiger partial charge in [-0.2, -0.15) is 0 Å². The van der Waals surface area contributed by atoms with Gasteiger partial charge in [0, 0.05) is 30.2 Å². The molecule has 0 unspecified atom stereocenters. The molecule has 1 aromatic carbocycles. The molecule has 1 amide bonds. The van der Waals surface area contributed by atoms with Crippen molar-refractivity contribution in [2.75, 3.05) is 5.32 Å².